The summed E-state index contributed by atoms with van der Waals surface area (Å²) < 4.78 is 0. The molecular weight excluding hydrogens is 230 g/mol. The van der Waals surface area contributed by atoms with E-state index in [0.29, 0.717) is 0 Å². The van der Waals surface area contributed by atoms with E-state index < -0.39 is 0 Å². The van der Waals surface area contributed by atoms with Crippen LogP contribution in [0.15, 0.2) is 0 Å². The predicted octanol–water partition coefficient (Wildman–Crippen LogP) is 3.46. The number of nitrogens with two attached hydrogens (primary N) is 1. The summed E-state index contributed by atoms with van der Waals surface area (Å²) in [4.78, 5) is 0. The number of aromatic nitrogens is 2. The van der Waals surface area contributed by atoms with Crippen molar-refractivity contribution >= 4 is 11.3 Å². The Morgan fingerprint density at radius 2 is 1.94 bits per heavy atom. The zero-order chi connectivity index (χ0) is 12.1. The molecule has 0 saturated heterocycles. The lowest BCUT2D eigenvalue weighted by atomic mass is 9.97. The minimum Gasteiger partial charge on any atom is -0.322 e. The fourth-order valence-electron chi connectivity index (χ4n) is 2.49. The van der Waals surface area contributed by atoms with Crippen LogP contribution in [-0.2, 0) is 6.42 Å². The Labute approximate surface area is 108 Å². The van der Waals surface area contributed by atoms with Crippen LogP contribution in [0.1, 0.15) is 67.9 Å². The van der Waals surface area contributed by atoms with Crippen molar-refractivity contribution in [2.24, 2.45) is 11.7 Å². The predicted molar refractivity (Wildman–Crippen MR) is 72.0 cm³/mol. The van der Waals surface area contributed by atoms with Crippen molar-refractivity contribution in [1.29, 1.82) is 0 Å². The lowest BCUT2D eigenvalue weighted by molar-refractivity contribution is 0.456. The third-order valence-electron chi connectivity index (χ3n) is 3.68. The van der Waals surface area contributed by atoms with E-state index in [1.54, 1.807) is 11.3 Å². The van der Waals surface area contributed by atoms with Gasteiger partial charge in [0.1, 0.15) is 10.0 Å². The molecular formula is C13H23N3S. The van der Waals surface area contributed by atoms with E-state index in [2.05, 4.69) is 17.1 Å². The normalized spacial score (nSPS) is 20.1. The Bertz CT molecular complexity index is 329. The quantitative estimate of drug-likeness (QED) is 0.836. The first-order valence-corrected chi connectivity index (χ1v) is 7.69. The molecule has 3 nitrogen and oxygen atoms in total. The fraction of sp³-hybridized carbons (Fsp3) is 0.846. The van der Waals surface area contributed by atoms with Gasteiger partial charge in [-0.15, -0.1) is 10.2 Å². The smallest absolute Gasteiger partial charge is 0.134 e. The van der Waals surface area contributed by atoms with Crippen LogP contribution in [0, 0.1) is 5.92 Å². The zero-order valence-electron chi connectivity index (χ0n) is 10.7. The minimum atomic E-state index is 0.0791. The van der Waals surface area contributed by atoms with Gasteiger partial charge >= 0.3 is 0 Å². The standard InChI is InChI=1S/C13H23N3S/c1-2-11(14)13-16-15-12(17-13)9-10-7-5-3-4-6-8-10/h10-11H,2-9,14H2,1H3. The molecule has 0 aliphatic heterocycles. The molecule has 0 bridgehead atoms. The van der Waals surface area contributed by atoms with E-state index in [9.17, 15) is 0 Å². The second-order valence-electron chi connectivity index (χ2n) is 5.11. The van der Waals surface area contributed by atoms with Crippen LogP contribution in [0.5, 0.6) is 0 Å². The molecule has 1 fully saturated rings. The third-order valence-corrected chi connectivity index (χ3v) is 4.76. The van der Waals surface area contributed by atoms with E-state index in [1.807, 2.05) is 0 Å². The van der Waals surface area contributed by atoms with Gasteiger partial charge in [0.05, 0.1) is 6.04 Å². The number of rotatable bonds is 4. The molecule has 2 N–H and O–H groups in total. The van der Waals surface area contributed by atoms with Crippen molar-refractivity contribution in [1.82, 2.24) is 10.2 Å². The SMILES string of the molecule is CCC(N)c1nnc(CC2CCCCCC2)s1. The molecule has 1 aromatic heterocycles. The van der Waals surface area contributed by atoms with Gasteiger partial charge in [0.2, 0.25) is 0 Å². The van der Waals surface area contributed by atoms with Gasteiger partial charge in [-0.25, -0.2) is 0 Å². The minimum absolute atomic E-state index is 0.0791. The zero-order valence-corrected chi connectivity index (χ0v) is 11.5. The Kier molecular flexibility index (Phi) is 4.92. The van der Waals surface area contributed by atoms with Crippen LogP contribution in [-0.4, -0.2) is 10.2 Å². The molecule has 96 valence electrons. The highest BCUT2D eigenvalue weighted by Crippen LogP contribution is 2.28. The van der Waals surface area contributed by atoms with Gasteiger partial charge in [0.15, 0.2) is 0 Å². The maximum Gasteiger partial charge on any atom is 0.134 e. The molecule has 1 aliphatic carbocycles. The summed E-state index contributed by atoms with van der Waals surface area (Å²) in [5.74, 6) is 0.830. The van der Waals surface area contributed by atoms with Crippen LogP contribution in [0.25, 0.3) is 0 Å². The maximum atomic E-state index is 5.97. The van der Waals surface area contributed by atoms with Gasteiger partial charge < -0.3 is 5.73 Å². The van der Waals surface area contributed by atoms with E-state index in [1.165, 1.54) is 43.5 Å². The lowest BCUT2D eigenvalue weighted by Crippen LogP contribution is -2.07. The largest absolute Gasteiger partial charge is 0.322 e. The molecule has 17 heavy (non-hydrogen) atoms. The molecule has 1 atom stereocenters. The first-order chi connectivity index (χ1) is 8.29. The summed E-state index contributed by atoms with van der Waals surface area (Å²) in [7, 11) is 0. The third kappa shape index (κ3) is 3.75. The summed E-state index contributed by atoms with van der Waals surface area (Å²) in [6, 6.07) is 0.0791. The first-order valence-electron chi connectivity index (χ1n) is 6.87. The molecule has 4 heteroatoms. The Morgan fingerprint density at radius 3 is 2.59 bits per heavy atom. The topological polar surface area (TPSA) is 51.8 Å². The Hall–Kier alpha value is -0.480. The van der Waals surface area contributed by atoms with Crippen molar-refractivity contribution in [3.63, 3.8) is 0 Å². The van der Waals surface area contributed by atoms with E-state index >= 15 is 0 Å². The lowest BCUT2D eigenvalue weighted by Gasteiger charge is -2.10. The molecule has 0 spiro atoms. The summed E-state index contributed by atoms with van der Waals surface area (Å²) in [6.07, 6.45) is 10.4. The van der Waals surface area contributed by atoms with E-state index in [4.69, 9.17) is 5.73 Å². The average Bonchev–Trinajstić information content (AvgIpc) is 2.65. The monoisotopic (exact) mass is 253 g/mol. The Morgan fingerprint density at radius 1 is 1.24 bits per heavy atom. The molecule has 0 aromatic carbocycles. The highest BCUT2D eigenvalue weighted by Gasteiger charge is 2.16. The summed E-state index contributed by atoms with van der Waals surface area (Å²) in [6.45, 7) is 2.09. The molecule has 1 heterocycles. The van der Waals surface area contributed by atoms with Crippen molar-refractivity contribution in [2.45, 2.75) is 64.3 Å². The molecule has 1 aromatic rings. The van der Waals surface area contributed by atoms with Crippen LogP contribution >= 0.6 is 11.3 Å². The van der Waals surface area contributed by atoms with Gasteiger partial charge in [0, 0.05) is 6.42 Å². The average molecular weight is 253 g/mol. The second kappa shape index (κ2) is 6.45. The van der Waals surface area contributed by atoms with Crippen molar-refractivity contribution in [2.75, 3.05) is 0 Å². The molecule has 1 aliphatic rings. The summed E-state index contributed by atoms with van der Waals surface area (Å²) in [5, 5.41) is 10.7. The van der Waals surface area contributed by atoms with E-state index in [-0.39, 0.29) is 6.04 Å². The van der Waals surface area contributed by atoms with E-state index in [0.717, 1.165) is 23.8 Å². The summed E-state index contributed by atoms with van der Waals surface area (Å²) >= 11 is 1.72. The van der Waals surface area contributed by atoms with Gasteiger partial charge in [-0.05, 0) is 12.3 Å². The van der Waals surface area contributed by atoms with Crippen molar-refractivity contribution in [3.05, 3.63) is 10.0 Å². The van der Waals surface area contributed by atoms with Crippen LogP contribution in [0.3, 0.4) is 0 Å². The van der Waals surface area contributed by atoms with Crippen LogP contribution < -0.4 is 5.73 Å². The van der Waals surface area contributed by atoms with Gasteiger partial charge in [0.25, 0.3) is 0 Å². The highest BCUT2D eigenvalue weighted by atomic mass is 32.1. The fourth-order valence-corrected chi connectivity index (χ4v) is 3.53. The molecule has 2 rings (SSSR count). The van der Waals surface area contributed by atoms with Crippen LogP contribution in [0.2, 0.25) is 0 Å². The van der Waals surface area contributed by atoms with Gasteiger partial charge in [-0.2, -0.15) is 0 Å². The second-order valence-corrected chi connectivity index (χ2v) is 6.20. The van der Waals surface area contributed by atoms with Gasteiger partial charge in [-0.3, -0.25) is 0 Å². The maximum absolute atomic E-state index is 5.97. The summed E-state index contributed by atoms with van der Waals surface area (Å²) in [5.41, 5.74) is 5.97. The number of hydrogen-bond acceptors (Lipinski definition) is 4. The molecule has 1 unspecified atom stereocenters. The number of hydrogen-bond donors (Lipinski definition) is 1. The first kappa shape index (κ1) is 13.0. The Balaban J connectivity index is 1.91. The molecule has 0 radical (unpaired) electrons. The van der Waals surface area contributed by atoms with Crippen LogP contribution in [0.4, 0.5) is 0 Å². The highest BCUT2D eigenvalue weighted by molar-refractivity contribution is 7.11. The molecule has 0 amide bonds. The van der Waals surface area contributed by atoms with Gasteiger partial charge in [-0.1, -0.05) is 56.8 Å². The van der Waals surface area contributed by atoms with Crippen molar-refractivity contribution in [3.8, 4) is 0 Å². The number of nitrogens with zero attached hydrogens (tertiary/aromatic N) is 2. The van der Waals surface area contributed by atoms with Crippen molar-refractivity contribution < 1.29 is 0 Å². The molecule has 1 saturated carbocycles.